The maximum absolute atomic E-state index is 12.9. The van der Waals surface area contributed by atoms with Gasteiger partial charge < -0.3 is 14.8 Å². The maximum Gasteiger partial charge on any atom is 0.256 e. The van der Waals surface area contributed by atoms with Crippen LogP contribution in [0.1, 0.15) is 10.4 Å². The van der Waals surface area contributed by atoms with Crippen LogP contribution in [-0.2, 0) is 0 Å². The van der Waals surface area contributed by atoms with Gasteiger partial charge in [0.1, 0.15) is 5.82 Å². The van der Waals surface area contributed by atoms with Gasteiger partial charge in [0.25, 0.3) is 5.91 Å². The fraction of sp³-hybridized carbons (Fsp3) is 0.222. The van der Waals surface area contributed by atoms with Gasteiger partial charge in [0.05, 0.1) is 10.6 Å². The number of carbonyl (C=O) groups is 1. The van der Waals surface area contributed by atoms with E-state index in [0.29, 0.717) is 23.7 Å². The summed E-state index contributed by atoms with van der Waals surface area (Å²) in [5.74, 6) is 0.981. The summed E-state index contributed by atoms with van der Waals surface area (Å²) in [4.78, 5) is 24.5. The van der Waals surface area contributed by atoms with Gasteiger partial charge in [0.15, 0.2) is 0 Å². The Morgan fingerprint density at radius 3 is 2.67 bits per heavy atom. The molecule has 1 saturated heterocycles. The molecule has 3 aromatic rings. The number of hydrogen-bond acceptors (Lipinski definition) is 3. The van der Waals surface area contributed by atoms with Crippen LogP contribution in [0, 0.1) is 0 Å². The molecule has 24 heavy (non-hydrogen) atoms. The zero-order valence-corrected chi connectivity index (χ0v) is 13.8. The number of H-pyrrole nitrogens is 1. The third-order valence-corrected chi connectivity index (χ3v) is 4.74. The lowest BCUT2D eigenvalue weighted by Crippen LogP contribution is -2.49. The van der Waals surface area contributed by atoms with Crippen LogP contribution in [0.15, 0.2) is 48.8 Å². The number of halogens is 1. The van der Waals surface area contributed by atoms with E-state index >= 15 is 0 Å². The Morgan fingerprint density at radius 1 is 1.08 bits per heavy atom. The second-order valence-corrected chi connectivity index (χ2v) is 6.24. The van der Waals surface area contributed by atoms with E-state index in [2.05, 4.69) is 14.9 Å². The van der Waals surface area contributed by atoms with E-state index in [0.717, 1.165) is 29.8 Å². The number of piperazine rings is 1. The van der Waals surface area contributed by atoms with E-state index in [9.17, 15) is 4.79 Å². The minimum Gasteiger partial charge on any atom is -0.360 e. The standard InChI is InChI=1S/C18H17ClN4O/c19-14-4-3-5-15-17(14)13(12-21-15)18(24)23-10-8-22(9-11-23)16-6-1-2-7-20-16/h1-7,12,21H,8-11H2. The molecule has 0 saturated carbocycles. The molecular formula is C18H17ClN4O. The molecule has 122 valence electrons. The van der Waals surface area contributed by atoms with E-state index in [-0.39, 0.29) is 5.91 Å². The molecule has 2 aromatic heterocycles. The van der Waals surface area contributed by atoms with Crippen molar-refractivity contribution >= 4 is 34.2 Å². The SMILES string of the molecule is O=C(c1c[nH]c2cccc(Cl)c12)N1CCN(c2ccccn2)CC1. The Hall–Kier alpha value is -2.53. The van der Waals surface area contributed by atoms with E-state index in [1.165, 1.54) is 0 Å². The number of nitrogens with zero attached hydrogens (tertiary/aromatic N) is 3. The largest absolute Gasteiger partial charge is 0.360 e. The maximum atomic E-state index is 12.9. The van der Waals surface area contributed by atoms with Gasteiger partial charge in [-0.3, -0.25) is 4.79 Å². The van der Waals surface area contributed by atoms with Crippen LogP contribution >= 0.6 is 11.6 Å². The number of rotatable bonds is 2. The first-order chi connectivity index (χ1) is 11.7. The van der Waals surface area contributed by atoms with E-state index < -0.39 is 0 Å². The van der Waals surface area contributed by atoms with Crippen molar-refractivity contribution in [3.05, 3.63) is 59.4 Å². The lowest BCUT2D eigenvalue weighted by Gasteiger charge is -2.35. The highest BCUT2D eigenvalue weighted by atomic mass is 35.5. The van der Waals surface area contributed by atoms with Crippen LogP contribution in [0.5, 0.6) is 0 Å². The normalized spacial score (nSPS) is 15.0. The molecule has 1 aliphatic rings. The molecule has 6 heteroatoms. The van der Waals surface area contributed by atoms with Crippen molar-refractivity contribution in [2.24, 2.45) is 0 Å². The molecule has 0 atom stereocenters. The first-order valence-corrected chi connectivity index (χ1v) is 8.33. The number of hydrogen-bond donors (Lipinski definition) is 1. The van der Waals surface area contributed by atoms with E-state index in [1.807, 2.05) is 41.3 Å². The zero-order valence-electron chi connectivity index (χ0n) is 13.1. The predicted molar refractivity (Wildman–Crippen MR) is 95.7 cm³/mol. The number of amides is 1. The van der Waals surface area contributed by atoms with Gasteiger partial charge in [0.2, 0.25) is 0 Å². The van der Waals surface area contributed by atoms with Gasteiger partial charge in [-0.1, -0.05) is 23.7 Å². The molecule has 1 aromatic carbocycles. The van der Waals surface area contributed by atoms with Crippen molar-refractivity contribution in [1.82, 2.24) is 14.9 Å². The third kappa shape index (κ3) is 2.61. The minimum absolute atomic E-state index is 0.0232. The Balaban J connectivity index is 1.52. The summed E-state index contributed by atoms with van der Waals surface area (Å²) in [6.07, 6.45) is 3.55. The fourth-order valence-corrected chi connectivity index (χ4v) is 3.44. The Labute approximate surface area is 144 Å². The quantitative estimate of drug-likeness (QED) is 0.779. The van der Waals surface area contributed by atoms with Crippen LogP contribution in [-0.4, -0.2) is 47.0 Å². The zero-order chi connectivity index (χ0) is 16.5. The average Bonchev–Trinajstić information content (AvgIpc) is 3.07. The number of nitrogens with one attached hydrogen (secondary N) is 1. The van der Waals surface area contributed by atoms with E-state index in [1.54, 1.807) is 12.4 Å². The topological polar surface area (TPSA) is 52.2 Å². The molecule has 0 unspecified atom stereocenters. The highest BCUT2D eigenvalue weighted by molar-refractivity contribution is 6.36. The highest BCUT2D eigenvalue weighted by Gasteiger charge is 2.25. The molecule has 1 aliphatic heterocycles. The summed E-state index contributed by atoms with van der Waals surface area (Å²) in [5.41, 5.74) is 1.53. The molecule has 0 aliphatic carbocycles. The fourth-order valence-electron chi connectivity index (χ4n) is 3.16. The van der Waals surface area contributed by atoms with Crippen molar-refractivity contribution in [2.75, 3.05) is 31.1 Å². The number of aromatic nitrogens is 2. The molecule has 0 bridgehead atoms. The summed E-state index contributed by atoms with van der Waals surface area (Å²) in [7, 11) is 0. The number of aromatic amines is 1. The van der Waals surface area contributed by atoms with Gasteiger partial charge in [-0.2, -0.15) is 0 Å². The molecule has 1 fully saturated rings. The lowest BCUT2D eigenvalue weighted by molar-refractivity contribution is 0.0748. The number of fused-ring (bicyclic) bond motifs is 1. The van der Waals surface area contributed by atoms with Gasteiger partial charge in [-0.05, 0) is 24.3 Å². The Morgan fingerprint density at radius 2 is 1.92 bits per heavy atom. The van der Waals surface area contributed by atoms with Crippen LogP contribution in [0.4, 0.5) is 5.82 Å². The van der Waals surface area contributed by atoms with Crippen molar-refractivity contribution in [1.29, 1.82) is 0 Å². The predicted octanol–water partition coefficient (Wildman–Crippen LogP) is 3.18. The van der Waals surface area contributed by atoms with Crippen molar-refractivity contribution < 1.29 is 4.79 Å². The molecular weight excluding hydrogens is 324 g/mol. The summed E-state index contributed by atoms with van der Waals surface area (Å²) in [5, 5.41) is 1.40. The van der Waals surface area contributed by atoms with Crippen molar-refractivity contribution in [3.8, 4) is 0 Å². The summed E-state index contributed by atoms with van der Waals surface area (Å²) in [6, 6.07) is 11.5. The second-order valence-electron chi connectivity index (χ2n) is 5.83. The molecule has 4 rings (SSSR count). The molecule has 1 N–H and O–H groups in total. The van der Waals surface area contributed by atoms with Crippen LogP contribution in [0.2, 0.25) is 5.02 Å². The van der Waals surface area contributed by atoms with Gasteiger partial charge >= 0.3 is 0 Å². The smallest absolute Gasteiger partial charge is 0.256 e. The number of anilines is 1. The molecule has 0 spiro atoms. The molecule has 5 nitrogen and oxygen atoms in total. The molecule has 0 radical (unpaired) electrons. The first-order valence-electron chi connectivity index (χ1n) is 7.95. The third-order valence-electron chi connectivity index (χ3n) is 4.43. The van der Waals surface area contributed by atoms with Crippen LogP contribution in [0.3, 0.4) is 0 Å². The summed E-state index contributed by atoms with van der Waals surface area (Å²) >= 11 is 6.28. The van der Waals surface area contributed by atoms with Crippen molar-refractivity contribution in [3.63, 3.8) is 0 Å². The Bertz CT molecular complexity index is 869. The Kier molecular flexibility index (Phi) is 3.86. The first kappa shape index (κ1) is 15.0. The van der Waals surface area contributed by atoms with Crippen LogP contribution in [0.25, 0.3) is 10.9 Å². The lowest BCUT2D eigenvalue weighted by atomic mass is 10.1. The molecule has 3 heterocycles. The average molecular weight is 341 g/mol. The van der Waals surface area contributed by atoms with Gasteiger partial charge in [-0.25, -0.2) is 4.98 Å². The van der Waals surface area contributed by atoms with E-state index in [4.69, 9.17) is 11.6 Å². The van der Waals surface area contributed by atoms with Crippen LogP contribution < -0.4 is 4.90 Å². The van der Waals surface area contributed by atoms with Gasteiger partial charge in [0, 0.05) is 49.5 Å². The number of benzene rings is 1. The molecule has 1 amide bonds. The number of carbonyl (C=O) groups excluding carboxylic acids is 1. The summed E-state index contributed by atoms with van der Waals surface area (Å²) < 4.78 is 0. The minimum atomic E-state index is 0.0232. The van der Waals surface area contributed by atoms with Gasteiger partial charge in [-0.15, -0.1) is 0 Å². The van der Waals surface area contributed by atoms with Crippen molar-refractivity contribution in [2.45, 2.75) is 0 Å². The number of pyridine rings is 1. The summed E-state index contributed by atoms with van der Waals surface area (Å²) in [6.45, 7) is 2.90. The highest BCUT2D eigenvalue weighted by Crippen LogP contribution is 2.27. The monoisotopic (exact) mass is 340 g/mol. The second kappa shape index (κ2) is 6.17.